The smallest absolute Gasteiger partial charge is 0.255 e. The van der Waals surface area contributed by atoms with Gasteiger partial charge in [-0.2, -0.15) is 0 Å². The van der Waals surface area contributed by atoms with Gasteiger partial charge >= 0.3 is 0 Å². The molecule has 7 heteroatoms. The van der Waals surface area contributed by atoms with Gasteiger partial charge < -0.3 is 24.5 Å². The fourth-order valence-corrected chi connectivity index (χ4v) is 2.93. The Morgan fingerprint density at radius 3 is 2.85 bits per heavy atom. The van der Waals surface area contributed by atoms with E-state index in [0.717, 1.165) is 17.7 Å². The highest BCUT2D eigenvalue weighted by molar-refractivity contribution is 5.97. The van der Waals surface area contributed by atoms with Crippen molar-refractivity contribution < 1.29 is 23.5 Å². The minimum atomic E-state index is -0.669. The van der Waals surface area contributed by atoms with E-state index >= 15 is 0 Å². The van der Waals surface area contributed by atoms with Gasteiger partial charge in [-0.1, -0.05) is 12.1 Å². The van der Waals surface area contributed by atoms with E-state index in [1.54, 1.807) is 6.92 Å². The second-order valence-corrected chi connectivity index (χ2v) is 7.13. The molecule has 0 saturated heterocycles. The number of rotatable bonds is 7. The van der Waals surface area contributed by atoms with E-state index in [1.807, 2.05) is 32.0 Å². The molecule has 0 radical (unpaired) electrons. The van der Waals surface area contributed by atoms with Crippen molar-refractivity contribution in [1.29, 1.82) is 0 Å². The van der Waals surface area contributed by atoms with Crippen LogP contribution in [0.25, 0.3) is 0 Å². The summed E-state index contributed by atoms with van der Waals surface area (Å²) in [5.74, 6) is 0.802. The van der Waals surface area contributed by atoms with Crippen molar-refractivity contribution in [2.75, 3.05) is 13.2 Å². The summed E-state index contributed by atoms with van der Waals surface area (Å²) >= 11 is 0. The Morgan fingerprint density at radius 2 is 2.11 bits per heavy atom. The van der Waals surface area contributed by atoms with Crippen LogP contribution >= 0.6 is 0 Å². The lowest BCUT2D eigenvalue weighted by Crippen LogP contribution is -2.45. The number of furan rings is 1. The Kier molecular flexibility index (Phi) is 5.39. The number of amides is 2. The lowest BCUT2D eigenvalue weighted by atomic mass is 10.0. The van der Waals surface area contributed by atoms with Gasteiger partial charge in [-0.05, 0) is 32.9 Å². The Bertz CT molecular complexity index is 814. The number of fused-ring (bicyclic) bond motifs is 1. The molecule has 1 aromatic carbocycles. The molecule has 0 unspecified atom stereocenters. The number of hydrogen-bond acceptors (Lipinski definition) is 5. The van der Waals surface area contributed by atoms with Crippen LogP contribution in [0.5, 0.6) is 11.5 Å². The van der Waals surface area contributed by atoms with Crippen LogP contribution in [0.15, 0.2) is 41.2 Å². The van der Waals surface area contributed by atoms with E-state index in [4.69, 9.17) is 13.9 Å². The SMILES string of the molecule is C[C@@H](NC(=O)c1ccoc1)C(=O)NCCOc1cccc2c1OC(C)(C)C2. The van der Waals surface area contributed by atoms with E-state index in [0.29, 0.717) is 24.5 Å². The van der Waals surface area contributed by atoms with Gasteiger partial charge in [0, 0.05) is 12.0 Å². The summed E-state index contributed by atoms with van der Waals surface area (Å²) in [6, 6.07) is 6.69. The molecule has 0 spiro atoms. The van der Waals surface area contributed by atoms with Gasteiger partial charge in [0.05, 0.1) is 18.4 Å². The predicted octanol–water partition coefficient (Wildman–Crippen LogP) is 2.31. The zero-order valence-corrected chi connectivity index (χ0v) is 15.7. The van der Waals surface area contributed by atoms with Crippen molar-refractivity contribution in [1.82, 2.24) is 10.6 Å². The molecule has 1 aromatic heterocycles. The summed E-state index contributed by atoms with van der Waals surface area (Å²) in [5, 5.41) is 5.36. The molecule has 7 nitrogen and oxygen atoms in total. The van der Waals surface area contributed by atoms with Gasteiger partial charge in [-0.3, -0.25) is 9.59 Å². The molecular weight excluding hydrogens is 348 g/mol. The zero-order valence-electron chi connectivity index (χ0n) is 15.7. The van der Waals surface area contributed by atoms with Gasteiger partial charge in [0.25, 0.3) is 5.91 Å². The van der Waals surface area contributed by atoms with E-state index in [9.17, 15) is 9.59 Å². The maximum atomic E-state index is 12.1. The van der Waals surface area contributed by atoms with Crippen LogP contribution in [0.1, 0.15) is 36.7 Å². The van der Waals surface area contributed by atoms with Crippen LogP contribution in [0, 0.1) is 0 Å². The van der Waals surface area contributed by atoms with Crippen LogP contribution < -0.4 is 20.1 Å². The standard InChI is InChI=1S/C20H24N2O5/c1-13(22-19(24)15-7-9-25-12-15)18(23)21-8-10-26-16-6-4-5-14-11-20(2,3)27-17(14)16/h4-7,9,12-13H,8,10-11H2,1-3H3,(H,21,23)(H,22,24)/t13-/m1/s1. The lowest BCUT2D eigenvalue weighted by Gasteiger charge is -2.18. The second-order valence-electron chi connectivity index (χ2n) is 7.13. The van der Waals surface area contributed by atoms with Crippen molar-refractivity contribution in [3.63, 3.8) is 0 Å². The van der Waals surface area contributed by atoms with Crippen LogP contribution in [0.2, 0.25) is 0 Å². The molecule has 2 aromatic rings. The number of hydrogen-bond donors (Lipinski definition) is 2. The summed E-state index contributed by atoms with van der Waals surface area (Å²) < 4.78 is 16.6. The molecule has 27 heavy (non-hydrogen) atoms. The minimum absolute atomic E-state index is 0.237. The molecule has 1 aliphatic heterocycles. The molecule has 1 atom stereocenters. The third-order valence-corrected chi connectivity index (χ3v) is 4.24. The second kappa shape index (κ2) is 7.73. The van der Waals surface area contributed by atoms with Crippen molar-refractivity contribution in [3.05, 3.63) is 47.9 Å². The maximum absolute atomic E-state index is 12.1. The van der Waals surface area contributed by atoms with E-state index in [1.165, 1.54) is 18.6 Å². The highest BCUT2D eigenvalue weighted by atomic mass is 16.5. The Balaban J connectivity index is 1.44. The molecule has 2 N–H and O–H groups in total. The Labute approximate surface area is 158 Å². The van der Waals surface area contributed by atoms with Gasteiger partial charge in [0.15, 0.2) is 11.5 Å². The molecule has 3 rings (SSSR count). The van der Waals surface area contributed by atoms with Crippen LogP contribution in [0.4, 0.5) is 0 Å². The normalized spacial score (nSPS) is 15.4. The Hall–Kier alpha value is -2.96. The average Bonchev–Trinajstić information content (AvgIpc) is 3.24. The minimum Gasteiger partial charge on any atom is -0.488 e. The van der Waals surface area contributed by atoms with Gasteiger partial charge in [0.1, 0.15) is 24.5 Å². The number of nitrogens with one attached hydrogen (secondary N) is 2. The quantitative estimate of drug-likeness (QED) is 0.728. The van der Waals surface area contributed by atoms with Crippen LogP contribution in [0.3, 0.4) is 0 Å². The van der Waals surface area contributed by atoms with Gasteiger partial charge in [0.2, 0.25) is 5.91 Å². The summed E-state index contributed by atoms with van der Waals surface area (Å²) in [6.45, 7) is 6.31. The maximum Gasteiger partial charge on any atom is 0.255 e. The fourth-order valence-electron chi connectivity index (χ4n) is 2.93. The molecular formula is C20H24N2O5. The van der Waals surface area contributed by atoms with E-state index in [-0.39, 0.29) is 17.4 Å². The van der Waals surface area contributed by atoms with E-state index in [2.05, 4.69) is 10.6 Å². The predicted molar refractivity (Wildman–Crippen MR) is 99.0 cm³/mol. The fraction of sp³-hybridized carbons (Fsp3) is 0.400. The number of para-hydroxylation sites is 1. The summed E-state index contributed by atoms with van der Waals surface area (Å²) in [5.41, 5.74) is 1.26. The topological polar surface area (TPSA) is 89.8 Å². The molecule has 144 valence electrons. The third-order valence-electron chi connectivity index (χ3n) is 4.24. The first-order chi connectivity index (χ1) is 12.9. The number of benzene rings is 1. The highest BCUT2D eigenvalue weighted by Crippen LogP contribution is 2.41. The first kappa shape index (κ1) is 18.8. The van der Waals surface area contributed by atoms with E-state index < -0.39 is 6.04 Å². The average molecular weight is 372 g/mol. The van der Waals surface area contributed by atoms with Crippen molar-refractivity contribution in [2.45, 2.75) is 38.8 Å². The summed E-state index contributed by atoms with van der Waals surface area (Å²) in [6.07, 6.45) is 3.57. The largest absolute Gasteiger partial charge is 0.488 e. The van der Waals surface area contributed by atoms with Crippen molar-refractivity contribution in [3.8, 4) is 11.5 Å². The van der Waals surface area contributed by atoms with Gasteiger partial charge in [-0.15, -0.1) is 0 Å². The first-order valence-corrected chi connectivity index (χ1v) is 8.90. The van der Waals surface area contributed by atoms with Crippen molar-refractivity contribution >= 4 is 11.8 Å². The number of carbonyl (C=O) groups excluding carboxylic acids is 2. The number of carbonyl (C=O) groups is 2. The molecule has 2 amide bonds. The highest BCUT2D eigenvalue weighted by Gasteiger charge is 2.32. The number of ether oxygens (including phenoxy) is 2. The summed E-state index contributed by atoms with van der Waals surface area (Å²) in [7, 11) is 0. The zero-order chi connectivity index (χ0) is 19.4. The monoisotopic (exact) mass is 372 g/mol. The van der Waals surface area contributed by atoms with Crippen LogP contribution in [-0.4, -0.2) is 36.6 Å². The molecule has 1 aliphatic rings. The van der Waals surface area contributed by atoms with Gasteiger partial charge in [-0.25, -0.2) is 0 Å². The molecule has 0 aliphatic carbocycles. The molecule has 0 fully saturated rings. The molecule has 2 heterocycles. The van der Waals surface area contributed by atoms with Crippen molar-refractivity contribution in [2.24, 2.45) is 0 Å². The first-order valence-electron chi connectivity index (χ1n) is 8.90. The lowest BCUT2D eigenvalue weighted by molar-refractivity contribution is -0.122. The molecule has 0 saturated carbocycles. The summed E-state index contributed by atoms with van der Waals surface area (Å²) in [4.78, 5) is 24.0. The third kappa shape index (κ3) is 4.61. The molecule has 0 bridgehead atoms. The van der Waals surface area contributed by atoms with Crippen LogP contribution in [-0.2, 0) is 11.2 Å². The Morgan fingerprint density at radius 1 is 1.30 bits per heavy atom.